The van der Waals surface area contributed by atoms with E-state index in [1.54, 1.807) is 17.6 Å². The molecule has 0 saturated heterocycles. The van der Waals surface area contributed by atoms with Gasteiger partial charge < -0.3 is 9.73 Å². The number of halogens is 1. The first-order valence-electron chi connectivity index (χ1n) is 5.69. The van der Waals surface area contributed by atoms with Gasteiger partial charge in [0.2, 0.25) is 0 Å². The third kappa shape index (κ3) is 3.60. The highest BCUT2D eigenvalue weighted by atomic mass is 35.5. The summed E-state index contributed by atoms with van der Waals surface area (Å²) < 4.78 is 6.18. The quantitative estimate of drug-likeness (QED) is 0.877. The second-order valence-corrected chi connectivity index (χ2v) is 5.96. The second-order valence-electron chi connectivity index (χ2n) is 4.21. The van der Waals surface area contributed by atoms with Crippen LogP contribution in [-0.2, 0) is 6.42 Å². The van der Waals surface area contributed by atoms with Gasteiger partial charge in [-0.15, -0.1) is 11.3 Å². The molecular formula is C13H16ClNOS. The first kappa shape index (κ1) is 12.7. The number of rotatable bonds is 5. The fraction of sp³-hybridized carbons (Fsp3) is 0.385. The van der Waals surface area contributed by atoms with Crippen LogP contribution in [0.2, 0.25) is 4.34 Å². The topological polar surface area (TPSA) is 25.2 Å². The summed E-state index contributed by atoms with van der Waals surface area (Å²) in [5.41, 5.74) is 0. The van der Waals surface area contributed by atoms with E-state index in [2.05, 4.69) is 25.2 Å². The van der Waals surface area contributed by atoms with Crippen LogP contribution in [0.4, 0.5) is 0 Å². The molecule has 2 nitrogen and oxygen atoms in total. The molecule has 0 radical (unpaired) electrons. The van der Waals surface area contributed by atoms with Gasteiger partial charge in [-0.3, -0.25) is 0 Å². The van der Waals surface area contributed by atoms with Crippen molar-refractivity contribution in [2.45, 2.75) is 32.4 Å². The molecule has 0 saturated carbocycles. The zero-order valence-corrected chi connectivity index (χ0v) is 11.5. The first-order valence-corrected chi connectivity index (χ1v) is 6.88. The van der Waals surface area contributed by atoms with Crippen LogP contribution in [0.1, 0.15) is 30.5 Å². The predicted molar refractivity (Wildman–Crippen MR) is 72.8 cm³/mol. The molecule has 2 aromatic rings. The minimum Gasteiger partial charge on any atom is -0.469 e. The van der Waals surface area contributed by atoms with E-state index in [1.807, 2.05) is 18.2 Å². The number of hydrogen-bond donors (Lipinski definition) is 1. The summed E-state index contributed by atoms with van der Waals surface area (Å²) in [6.45, 7) is 4.31. The Bertz CT molecular complexity index is 452. The van der Waals surface area contributed by atoms with Crippen molar-refractivity contribution in [3.63, 3.8) is 0 Å². The average molecular weight is 270 g/mol. The Morgan fingerprint density at radius 2 is 2.18 bits per heavy atom. The van der Waals surface area contributed by atoms with Gasteiger partial charge in [-0.25, -0.2) is 0 Å². The summed E-state index contributed by atoms with van der Waals surface area (Å²) >= 11 is 7.56. The molecule has 17 heavy (non-hydrogen) atoms. The van der Waals surface area contributed by atoms with E-state index in [4.69, 9.17) is 16.0 Å². The second kappa shape index (κ2) is 5.71. The Labute approximate surface area is 111 Å². The van der Waals surface area contributed by atoms with Crippen LogP contribution in [0.3, 0.4) is 0 Å². The molecule has 0 aliphatic rings. The summed E-state index contributed by atoms with van der Waals surface area (Å²) in [7, 11) is 0. The van der Waals surface area contributed by atoms with E-state index < -0.39 is 0 Å². The van der Waals surface area contributed by atoms with Gasteiger partial charge >= 0.3 is 0 Å². The molecule has 92 valence electrons. The Morgan fingerprint density at radius 3 is 2.76 bits per heavy atom. The molecule has 0 aliphatic carbocycles. The number of nitrogens with one attached hydrogen (secondary N) is 1. The molecule has 4 heteroatoms. The minimum atomic E-state index is 0.317. The maximum atomic E-state index is 5.93. The van der Waals surface area contributed by atoms with Gasteiger partial charge in [-0.1, -0.05) is 11.6 Å². The normalized spacial score (nSPS) is 14.8. The van der Waals surface area contributed by atoms with Crippen molar-refractivity contribution in [2.24, 2.45) is 0 Å². The molecule has 0 fully saturated rings. The van der Waals surface area contributed by atoms with Crippen LogP contribution in [0.5, 0.6) is 0 Å². The van der Waals surface area contributed by atoms with Crippen molar-refractivity contribution < 1.29 is 4.42 Å². The SMILES string of the molecule is CC(Cc1ccco1)NC(C)c1ccc(Cl)s1. The van der Waals surface area contributed by atoms with Crippen molar-refractivity contribution in [1.29, 1.82) is 0 Å². The van der Waals surface area contributed by atoms with Crippen molar-refractivity contribution in [1.82, 2.24) is 5.32 Å². The monoisotopic (exact) mass is 269 g/mol. The molecule has 2 atom stereocenters. The van der Waals surface area contributed by atoms with Gasteiger partial charge in [-0.05, 0) is 38.1 Å². The lowest BCUT2D eigenvalue weighted by molar-refractivity contribution is 0.431. The summed E-state index contributed by atoms with van der Waals surface area (Å²) in [6, 6.07) is 8.63. The number of thiophene rings is 1. The molecule has 1 N–H and O–H groups in total. The predicted octanol–water partition coefficient (Wildman–Crippen LogP) is 4.28. The lowest BCUT2D eigenvalue weighted by Gasteiger charge is -2.18. The summed E-state index contributed by atoms with van der Waals surface area (Å²) in [5, 5.41) is 3.54. The average Bonchev–Trinajstić information content (AvgIpc) is 2.89. The molecule has 2 unspecified atom stereocenters. The maximum Gasteiger partial charge on any atom is 0.105 e. The highest BCUT2D eigenvalue weighted by Gasteiger charge is 2.12. The Morgan fingerprint density at radius 1 is 1.35 bits per heavy atom. The van der Waals surface area contributed by atoms with Crippen LogP contribution in [0, 0.1) is 0 Å². The molecule has 0 spiro atoms. The fourth-order valence-electron chi connectivity index (χ4n) is 1.86. The van der Waals surface area contributed by atoms with Gasteiger partial charge in [0.15, 0.2) is 0 Å². The number of furan rings is 1. The molecular weight excluding hydrogens is 254 g/mol. The Hall–Kier alpha value is -0.770. The van der Waals surface area contributed by atoms with Gasteiger partial charge in [0.25, 0.3) is 0 Å². The highest BCUT2D eigenvalue weighted by molar-refractivity contribution is 7.16. The van der Waals surface area contributed by atoms with Crippen LogP contribution in [-0.4, -0.2) is 6.04 Å². The molecule has 0 aliphatic heterocycles. The standard InChI is InChI=1S/C13H16ClNOS/c1-9(8-11-4-3-7-16-11)15-10(2)12-5-6-13(14)17-12/h3-7,9-10,15H,8H2,1-2H3. The fourth-order valence-corrected chi connectivity index (χ4v) is 2.93. The first-order chi connectivity index (χ1) is 8.15. The van der Waals surface area contributed by atoms with E-state index in [-0.39, 0.29) is 0 Å². The molecule has 2 rings (SSSR count). The van der Waals surface area contributed by atoms with E-state index >= 15 is 0 Å². The van der Waals surface area contributed by atoms with Crippen LogP contribution >= 0.6 is 22.9 Å². The molecule has 2 aromatic heterocycles. The van der Waals surface area contributed by atoms with Crippen molar-refractivity contribution in [2.75, 3.05) is 0 Å². The number of hydrogen-bond acceptors (Lipinski definition) is 3. The third-order valence-electron chi connectivity index (χ3n) is 2.64. The summed E-state index contributed by atoms with van der Waals surface area (Å²) in [5.74, 6) is 1.02. The Kier molecular flexibility index (Phi) is 4.26. The van der Waals surface area contributed by atoms with Crippen molar-refractivity contribution >= 4 is 22.9 Å². The summed E-state index contributed by atoms with van der Waals surface area (Å²) in [6.07, 6.45) is 2.61. The molecule has 0 amide bonds. The van der Waals surface area contributed by atoms with Crippen molar-refractivity contribution in [3.8, 4) is 0 Å². The van der Waals surface area contributed by atoms with Gasteiger partial charge in [0, 0.05) is 23.4 Å². The highest BCUT2D eigenvalue weighted by Crippen LogP contribution is 2.27. The smallest absolute Gasteiger partial charge is 0.105 e. The zero-order valence-electron chi connectivity index (χ0n) is 9.94. The summed E-state index contributed by atoms with van der Waals surface area (Å²) in [4.78, 5) is 1.27. The Balaban J connectivity index is 1.88. The molecule has 0 aromatic carbocycles. The lowest BCUT2D eigenvalue weighted by Crippen LogP contribution is -2.30. The van der Waals surface area contributed by atoms with Gasteiger partial charge in [-0.2, -0.15) is 0 Å². The van der Waals surface area contributed by atoms with Crippen LogP contribution in [0.25, 0.3) is 0 Å². The van der Waals surface area contributed by atoms with E-state index in [0.29, 0.717) is 12.1 Å². The molecule has 2 heterocycles. The van der Waals surface area contributed by atoms with E-state index in [0.717, 1.165) is 16.5 Å². The van der Waals surface area contributed by atoms with E-state index in [1.165, 1.54) is 4.88 Å². The lowest BCUT2D eigenvalue weighted by atomic mass is 10.1. The van der Waals surface area contributed by atoms with Gasteiger partial charge in [0.05, 0.1) is 10.6 Å². The van der Waals surface area contributed by atoms with Crippen LogP contribution < -0.4 is 5.32 Å². The molecule has 0 bridgehead atoms. The van der Waals surface area contributed by atoms with Gasteiger partial charge in [0.1, 0.15) is 5.76 Å². The van der Waals surface area contributed by atoms with E-state index in [9.17, 15) is 0 Å². The van der Waals surface area contributed by atoms with Crippen LogP contribution in [0.15, 0.2) is 34.9 Å². The van der Waals surface area contributed by atoms with Crippen molar-refractivity contribution in [3.05, 3.63) is 45.5 Å². The maximum absolute atomic E-state index is 5.93. The largest absolute Gasteiger partial charge is 0.469 e. The third-order valence-corrected chi connectivity index (χ3v) is 4.06. The zero-order chi connectivity index (χ0) is 12.3. The minimum absolute atomic E-state index is 0.317.